The van der Waals surface area contributed by atoms with Gasteiger partial charge in [-0.2, -0.15) is 0 Å². The number of aryl methyl sites for hydroxylation is 1. The van der Waals surface area contributed by atoms with Crippen molar-refractivity contribution >= 4 is 40.0 Å². The van der Waals surface area contributed by atoms with E-state index in [1.807, 2.05) is 38.1 Å². The van der Waals surface area contributed by atoms with Crippen LogP contribution < -0.4 is 10.3 Å². The van der Waals surface area contributed by atoms with Gasteiger partial charge >= 0.3 is 0 Å². The van der Waals surface area contributed by atoms with E-state index in [2.05, 4.69) is 0 Å². The van der Waals surface area contributed by atoms with E-state index in [1.54, 1.807) is 49.5 Å². The standard InChI is InChI=1S/C28H27Cl2N3O4/c1-17-9-12-25(37-4)24(15-17)33-26(31-23-8-6-5-7-21(23)28(33)35)18(2)32(13-14-36-3)27(34)20-11-10-19(29)16-22(20)30/h5-12,15-16,18H,13-14H2,1-4H3. The number of para-hydroxylation sites is 1. The first-order valence-electron chi connectivity index (χ1n) is 11.7. The maximum Gasteiger partial charge on any atom is 0.266 e. The Morgan fingerprint density at radius 2 is 1.84 bits per heavy atom. The zero-order valence-corrected chi connectivity index (χ0v) is 22.5. The third-order valence-electron chi connectivity index (χ3n) is 6.18. The fourth-order valence-electron chi connectivity index (χ4n) is 4.26. The summed E-state index contributed by atoms with van der Waals surface area (Å²) in [4.78, 5) is 34.1. The number of rotatable bonds is 8. The van der Waals surface area contributed by atoms with Gasteiger partial charge in [0.1, 0.15) is 11.6 Å². The van der Waals surface area contributed by atoms with Crippen LogP contribution in [0.25, 0.3) is 16.6 Å². The predicted molar refractivity (Wildman–Crippen MR) is 146 cm³/mol. The topological polar surface area (TPSA) is 73.7 Å². The van der Waals surface area contributed by atoms with Crippen LogP contribution in [0.3, 0.4) is 0 Å². The van der Waals surface area contributed by atoms with Gasteiger partial charge in [-0.25, -0.2) is 4.98 Å². The largest absolute Gasteiger partial charge is 0.495 e. The minimum atomic E-state index is -0.642. The average Bonchev–Trinajstić information content (AvgIpc) is 2.88. The summed E-state index contributed by atoms with van der Waals surface area (Å²) in [5.41, 5.74) is 2.03. The number of carbonyl (C=O) groups is 1. The Balaban J connectivity index is 1.96. The van der Waals surface area contributed by atoms with Crippen LogP contribution in [0.5, 0.6) is 5.75 Å². The molecule has 0 bridgehead atoms. The smallest absolute Gasteiger partial charge is 0.266 e. The SMILES string of the molecule is COCCN(C(=O)c1ccc(Cl)cc1Cl)C(C)c1nc2ccccc2c(=O)n1-c1cc(C)ccc1OC. The van der Waals surface area contributed by atoms with Crippen molar-refractivity contribution in [3.05, 3.63) is 98.0 Å². The number of hydrogen-bond donors (Lipinski definition) is 0. The molecule has 0 fully saturated rings. The Hall–Kier alpha value is -3.39. The van der Waals surface area contributed by atoms with Crippen LogP contribution >= 0.6 is 23.2 Å². The predicted octanol–water partition coefficient (Wildman–Crippen LogP) is 5.86. The highest BCUT2D eigenvalue weighted by Crippen LogP contribution is 2.30. The molecule has 0 saturated carbocycles. The third kappa shape index (κ3) is 5.34. The number of benzene rings is 3. The molecule has 0 saturated heterocycles. The first-order valence-corrected chi connectivity index (χ1v) is 12.4. The molecule has 3 aromatic carbocycles. The first-order chi connectivity index (χ1) is 17.8. The molecule has 0 aliphatic heterocycles. The summed E-state index contributed by atoms with van der Waals surface area (Å²) in [6.07, 6.45) is 0. The molecule has 0 spiro atoms. The molecule has 37 heavy (non-hydrogen) atoms. The number of nitrogens with zero attached hydrogens (tertiary/aromatic N) is 3. The highest BCUT2D eigenvalue weighted by atomic mass is 35.5. The summed E-state index contributed by atoms with van der Waals surface area (Å²) in [5, 5.41) is 1.11. The normalized spacial score (nSPS) is 11.9. The molecule has 1 unspecified atom stereocenters. The molecule has 0 aliphatic carbocycles. The van der Waals surface area contributed by atoms with Crippen LogP contribution in [0, 0.1) is 6.92 Å². The van der Waals surface area contributed by atoms with Gasteiger partial charge in [0.15, 0.2) is 0 Å². The lowest BCUT2D eigenvalue weighted by Gasteiger charge is -2.31. The summed E-state index contributed by atoms with van der Waals surface area (Å²) >= 11 is 12.4. The minimum Gasteiger partial charge on any atom is -0.495 e. The fraction of sp³-hybridized carbons (Fsp3) is 0.250. The molecule has 0 N–H and O–H groups in total. The van der Waals surface area contributed by atoms with Gasteiger partial charge in [0, 0.05) is 18.7 Å². The lowest BCUT2D eigenvalue weighted by atomic mass is 10.1. The van der Waals surface area contributed by atoms with Crippen molar-refractivity contribution in [2.45, 2.75) is 19.9 Å². The summed E-state index contributed by atoms with van der Waals surface area (Å²) in [6.45, 7) is 4.27. The second-order valence-electron chi connectivity index (χ2n) is 8.59. The monoisotopic (exact) mass is 539 g/mol. The van der Waals surface area contributed by atoms with E-state index in [-0.39, 0.29) is 35.2 Å². The molecule has 0 aliphatic rings. The first kappa shape index (κ1) is 26.7. The zero-order chi connectivity index (χ0) is 26.7. The molecule has 4 aromatic rings. The van der Waals surface area contributed by atoms with Crippen LogP contribution in [0.1, 0.15) is 34.7 Å². The van der Waals surface area contributed by atoms with E-state index in [0.717, 1.165) is 5.56 Å². The van der Waals surface area contributed by atoms with Gasteiger partial charge in [0.05, 0.1) is 46.9 Å². The molecule has 0 radical (unpaired) electrons. The number of fused-ring (bicyclic) bond motifs is 1. The van der Waals surface area contributed by atoms with Gasteiger partial charge in [-0.3, -0.25) is 14.2 Å². The van der Waals surface area contributed by atoms with Crippen molar-refractivity contribution < 1.29 is 14.3 Å². The second-order valence-corrected chi connectivity index (χ2v) is 9.44. The molecule has 192 valence electrons. The average molecular weight is 540 g/mol. The number of hydrogen-bond acceptors (Lipinski definition) is 5. The molecule has 7 nitrogen and oxygen atoms in total. The van der Waals surface area contributed by atoms with E-state index < -0.39 is 6.04 Å². The molecule has 1 aromatic heterocycles. The molecule has 9 heteroatoms. The van der Waals surface area contributed by atoms with Crippen LogP contribution in [-0.4, -0.2) is 47.7 Å². The van der Waals surface area contributed by atoms with Gasteiger partial charge in [-0.05, 0) is 61.9 Å². The zero-order valence-electron chi connectivity index (χ0n) is 21.0. The Morgan fingerprint density at radius 3 is 2.54 bits per heavy atom. The van der Waals surface area contributed by atoms with Gasteiger partial charge in [0.2, 0.25) is 0 Å². The van der Waals surface area contributed by atoms with Crippen molar-refractivity contribution in [2.24, 2.45) is 0 Å². The number of ether oxygens (including phenoxy) is 2. The Morgan fingerprint density at radius 1 is 1.08 bits per heavy atom. The fourth-order valence-corrected chi connectivity index (χ4v) is 4.74. The number of carbonyl (C=O) groups excluding carboxylic acids is 1. The van der Waals surface area contributed by atoms with Gasteiger partial charge < -0.3 is 14.4 Å². The summed E-state index contributed by atoms with van der Waals surface area (Å²) < 4.78 is 12.4. The van der Waals surface area contributed by atoms with Crippen LogP contribution in [0.15, 0.2) is 65.5 Å². The van der Waals surface area contributed by atoms with Crippen molar-refractivity contribution in [3.63, 3.8) is 0 Å². The van der Waals surface area contributed by atoms with Crippen molar-refractivity contribution in [1.29, 1.82) is 0 Å². The summed E-state index contributed by atoms with van der Waals surface area (Å²) in [7, 11) is 3.11. The summed E-state index contributed by atoms with van der Waals surface area (Å²) in [5.74, 6) is 0.548. The molecule has 4 rings (SSSR count). The van der Waals surface area contributed by atoms with Crippen LogP contribution in [-0.2, 0) is 4.74 Å². The number of methoxy groups -OCH3 is 2. The van der Waals surface area contributed by atoms with Crippen molar-refractivity contribution in [1.82, 2.24) is 14.5 Å². The lowest BCUT2D eigenvalue weighted by Crippen LogP contribution is -2.39. The Kier molecular flexibility index (Phi) is 8.17. The quantitative estimate of drug-likeness (QED) is 0.280. The highest BCUT2D eigenvalue weighted by Gasteiger charge is 2.29. The molecule has 1 atom stereocenters. The second kappa shape index (κ2) is 11.3. The molecule has 1 heterocycles. The van der Waals surface area contributed by atoms with E-state index in [0.29, 0.717) is 33.2 Å². The van der Waals surface area contributed by atoms with E-state index >= 15 is 0 Å². The number of aromatic nitrogens is 2. The van der Waals surface area contributed by atoms with E-state index in [1.165, 1.54) is 10.6 Å². The molecule has 1 amide bonds. The van der Waals surface area contributed by atoms with E-state index in [4.69, 9.17) is 37.7 Å². The number of halogens is 2. The van der Waals surface area contributed by atoms with Crippen LogP contribution in [0.2, 0.25) is 10.0 Å². The van der Waals surface area contributed by atoms with Gasteiger partial charge in [-0.15, -0.1) is 0 Å². The van der Waals surface area contributed by atoms with Crippen molar-refractivity contribution in [2.75, 3.05) is 27.4 Å². The van der Waals surface area contributed by atoms with Crippen molar-refractivity contribution in [3.8, 4) is 11.4 Å². The molecular formula is C28H27Cl2N3O4. The third-order valence-corrected chi connectivity index (χ3v) is 6.72. The van der Waals surface area contributed by atoms with E-state index in [9.17, 15) is 9.59 Å². The lowest BCUT2D eigenvalue weighted by molar-refractivity contribution is 0.0605. The Labute approximate surface area is 225 Å². The highest BCUT2D eigenvalue weighted by molar-refractivity contribution is 6.36. The number of amides is 1. The van der Waals surface area contributed by atoms with Crippen LogP contribution in [0.4, 0.5) is 0 Å². The Bertz CT molecular complexity index is 1520. The maximum atomic E-state index is 13.9. The van der Waals surface area contributed by atoms with Gasteiger partial charge in [-0.1, -0.05) is 41.4 Å². The van der Waals surface area contributed by atoms with Gasteiger partial charge in [0.25, 0.3) is 11.5 Å². The maximum absolute atomic E-state index is 13.9. The summed E-state index contributed by atoms with van der Waals surface area (Å²) in [6, 6.07) is 16.8. The molecular weight excluding hydrogens is 513 g/mol. The minimum absolute atomic E-state index is 0.233.